The zero-order chi connectivity index (χ0) is 20.1. The van der Waals surface area contributed by atoms with E-state index in [0.29, 0.717) is 10.6 Å². The molecular weight excluding hydrogens is 378 g/mol. The number of carbonyl (C=O) groups excluding carboxylic acids is 3. The molecule has 144 valence electrons. The van der Waals surface area contributed by atoms with Crippen molar-refractivity contribution in [1.29, 1.82) is 0 Å². The van der Waals surface area contributed by atoms with E-state index in [2.05, 4.69) is 5.32 Å². The highest BCUT2D eigenvalue weighted by Gasteiger charge is 2.50. The molecule has 1 saturated heterocycles. The number of para-hydroxylation sites is 1. The van der Waals surface area contributed by atoms with Gasteiger partial charge in [0.15, 0.2) is 0 Å². The maximum absolute atomic E-state index is 13.1. The van der Waals surface area contributed by atoms with Crippen molar-refractivity contribution in [3.63, 3.8) is 0 Å². The van der Waals surface area contributed by atoms with E-state index in [-0.39, 0.29) is 18.5 Å². The van der Waals surface area contributed by atoms with Gasteiger partial charge in [-0.1, -0.05) is 48.0 Å². The van der Waals surface area contributed by atoms with Gasteiger partial charge in [-0.3, -0.25) is 14.5 Å². The van der Waals surface area contributed by atoms with E-state index in [4.69, 9.17) is 11.6 Å². The zero-order valence-electron chi connectivity index (χ0n) is 15.6. The van der Waals surface area contributed by atoms with Gasteiger partial charge in [-0.05, 0) is 38.0 Å². The van der Waals surface area contributed by atoms with E-state index >= 15 is 0 Å². The Balaban J connectivity index is 1.59. The van der Waals surface area contributed by atoms with Crippen molar-refractivity contribution in [3.8, 4) is 0 Å². The van der Waals surface area contributed by atoms with Crippen LogP contribution in [0.2, 0.25) is 5.02 Å². The Kier molecular flexibility index (Phi) is 4.38. The van der Waals surface area contributed by atoms with E-state index in [1.165, 1.54) is 0 Å². The lowest BCUT2D eigenvalue weighted by molar-refractivity contribution is -0.134. The highest BCUT2D eigenvalue weighted by Crippen LogP contribution is 2.35. The number of fused-ring (bicyclic) bond motifs is 1. The van der Waals surface area contributed by atoms with Gasteiger partial charge in [0, 0.05) is 22.3 Å². The maximum atomic E-state index is 13.1. The number of nitrogens with one attached hydrogen (secondary N) is 1. The molecule has 0 radical (unpaired) electrons. The molecule has 2 aliphatic heterocycles. The van der Waals surface area contributed by atoms with Crippen LogP contribution in [0.4, 0.5) is 10.5 Å². The predicted octanol–water partition coefficient (Wildman–Crippen LogP) is 3.08. The number of urea groups is 1. The number of anilines is 1. The number of hydrogen-bond donors (Lipinski definition) is 1. The first-order valence-corrected chi connectivity index (χ1v) is 9.50. The molecule has 0 unspecified atom stereocenters. The minimum absolute atomic E-state index is 0.0272. The van der Waals surface area contributed by atoms with Gasteiger partial charge in [0.25, 0.3) is 5.91 Å². The fraction of sp³-hybridized carbons (Fsp3) is 0.286. The van der Waals surface area contributed by atoms with E-state index < -0.39 is 17.5 Å². The van der Waals surface area contributed by atoms with Crippen molar-refractivity contribution >= 4 is 35.1 Å². The second kappa shape index (κ2) is 6.63. The van der Waals surface area contributed by atoms with Gasteiger partial charge >= 0.3 is 6.03 Å². The average Bonchev–Trinajstić information content (AvgIpc) is 3.10. The van der Waals surface area contributed by atoms with Crippen LogP contribution < -0.4 is 10.2 Å². The lowest BCUT2D eigenvalue weighted by atomic mass is 9.92. The lowest BCUT2D eigenvalue weighted by Gasteiger charge is -2.26. The number of nitrogens with zero attached hydrogens (tertiary/aromatic N) is 2. The lowest BCUT2D eigenvalue weighted by Crippen LogP contribution is -2.46. The minimum atomic E-state index is -1.30. The Morgan fingerprint density at radius 2 is 1.86 bits per heavy atom. The van der Waals surface area contributed by atoms with Crippen LogP contribution in [0.3, 0.4) is 0 Å². The Labute approximate surface area is 168 Å². The van der Waals surface area contributed by atoms with Crippen molar-refractivity contribution in [2.24, 2.45) is 0 Å². The Morgan fingerprint density at radius 1 is 1.18 bits per heavy atom. The quantitative estimate of drug-likeness (QED) is 0.809. The van der Waals surface area contributed by atoms with Crippen molar-refractivity contribution < 1.29 is 14.4 Å². The summed E-state index contributed by atoms with van der Waals surface area (Å²) < 4.78 is 0. The number of carbonyl (C=O) groups is 3. The van der Waals surface area contributed by atoms with Gasteiger partial charge < -0.3 is 10.2 Å². The summed E-state index contributed by atoms with van der Waals surface area (Å²) in [5, 5.41) is 3.08. The molecule has 2 heterocycles. The summed E-state index contributed by atoms with van der Waals surface area (Å²) in [6.07, 6.45) is 0.749. The summed E-state index contributed by atoms with van der Waals surface area (Å²) in [5.41, 5.74) is 1.12. The summed E-state index contributed by atoms with van der Waals surface area (Å²) in [7, 11) is 0. The van der Waals surface area contributed by atoms with E-state index in [9.17, 15) is 14.4 Å². The number of hydrogen-bond acceptors (Lipinski definition) is 3. The predicted molar refractivity (Wildman–Crippen MR) is 106 cm³/mol. The van der Waals surface area contributed by atoms with Crippen LogP contribution in [-0.4, -0.2) is 35.3 Å². The van der Waals surface area contributed by atoms with Crippen LogP contribution in [0.5, 0.6) is 0 Å². The van der Waals surface area contributed by atoms with Crippen LogP contribution in [0, 0.1) is 0 Å². The molecule has 0 aromatic heterocycles. The summed E-state index contributed by atoms with van der Waals surface area (Å²) >= 11 is 6.24. The number of amides is 4. The fourth-order valence-electron chi connectivity index (χ4n) is 4.05. The largest absolute Gasteiger partial charge is 0.325 e. The molecule has 0 spiro atoms. The molecule has 28 heavy (non-hydrogen) atoms. The van der Waals surface area contributed by atoms with Crippen LogP contribution >= 0.6 is 11.6 Å². The highest BCUT2D eigenvalue weighted by molar-refractivity contribution is 6.32. The molecule has 2 aromatic rings. The second-order valence-electron chi connectivity index (χ2n) is 7.37. The Hall–Kier alpha value is -2.86. The molecule has 0 bridgehead atoms. The number of imide groups is 1. The van der Waals surface area contributed by atoms with Gasteiger partial charge in [0.2, 0.25) is 5.91 Å². The van der Waals surface area contributed by atoms with Crippen LogP contribution in [0.25, 0.3) is 0 Å². The number of rotatable bonds is 3. The topological polar surface area (TPSA) is 69.7 Å². The molecule has 1 fully saturated rings. The summed E-state index contributed by atoms with van der Waals surface area (Å²) in [6.45, 7) is 3.24. The summed E-state index contributed by atoms with van der Waals surface area (Å²) in [5.74, 6) is -0.775. The third-order valence-electron chi connectivity index (χ3n) is 5.46. The van der Waals surface area contributed by atoms with Gasteiger partial charge in [0.05, 0.1) is 0 Å². The minimum Gasteiger partial charge on any atom is -0.319 e. The standard InChI is InChI=1S/C21H20ClN3O3/c1-13-11-14-7-3-6-10-17(14)25(13)18(26)12-24-19(27)21(2,23-20(24)28)15-8-4-5-9-16(15)22/h3-10,13H,11-12H2,1-2H3,(H,23,28)/t13-,21-/m1/s1. The van der Waals surface area contributed by atoms with E-state index in [1.807, 2.05) is 31.2 Å². The molecule has 2 aromatic carbocycles. The van der Waals surface area contributed by atoms with Crippen LogP contribution in [0.1, 0.15) is 25.0 Å². The average molecular weight is 398 g/mol. The third kappa shape index (κ3) is 2.76. The van der Waals surface area contributed by atoms with E-state index in [0.717, 1.165) is 22.6 Å². The molecule has 4 rings (SSSR count). The first-order chi connectivity index (χ1) is 13.3. The van der Waals surface area contributed by atoms with Crippen molar-refractivity contribution in [3.05, 3.63) is 64.7 Å². The molecule has 2 aliphatic rings. The van der Waals surface area contributed by atoms with E-state index in [1.54, 1.807) is 36.1 Å². The van der Waals surface area contributed by atoms with Crippen LogP contribution in [-0.2, 0) is 21.5 Å². The van der Waals surface area contributed by atoms with Gasteiger partial charge in [-0.15, -0.1) is 0 Å². The summed E-state index contributed by atoms with van der Waals surface area (Å²) in [4.78, 5) is 41.3. The van der Waals surface area contributed by atoms with Crippen LogP contribution in [0.15, 0.2) is 48.5 Å². The smallest absolute Gasteiger partial charge is 0.319 e. The fourth-order valence-corrected chi connectivity index (χ4v) is 4.37. The van der Waals surface area contributed by atoms with Crippen molar-refractivity contribution in [1.82, 2.24) is 10.2 Å². The van der Waals surface area contributed by atoms with Gasteiger partial charge in [0.1, 0.15) is 12.1 Å². The summed E-state index contributed by atoms with van der Waals surface area (Å²) in [6, 6.07) is 13.9. The Morgan fingerprint density at radius 3 is 2.61 bits per heavy atom. The molecule has 0 aliphatic carbocycles. The normalized spacial score (nSPS) is 23.8. The molecule has 1 N–H and O–H groups in total. The third-order valence-corrected chi connectivity index (χ3v) is 5.79. The molecule has 4 amide bonds. The first-order valence-electron chi connectivity index (χ1n) is 9.12. The number of halogens is 1. The van der Waals surface area contributed by atoms with Crippen molar-refractivity contribution in [2.75, 3.05) is 11.4 Å². The molecular formula is C21H20ClN3O3. The monoisotopic (exact) mass is 397 g/mol. The Bertz CT molecular complexity index is 992. The van der Waals surface area contributed by atoms with Crippen molar-refractivity contribution in [2.45, 2.75) is 31.8 Å². The molecule has 2 atom stereocenters. The zero-order valence-corrected chi connectivity index (χ0v) is 16.4. The SMILES string of the molecule is C[C@@H]1Cc2ccccc2N1C(=O)CN1C(=O)N[C@](C)(c2ccccc2Cl)C1=O. The number of benzene rings is 2. The second-order valence-corrected chi connectivity index (χ2v) is 7.78. The first kappa shape index (κ1) is 18.5. The molecule has 0 saturated carbocycles. The molecule has 7 heteroatoms. The van der Waals surface area contributed by atoms with Gasteiger partial charge in [-0.2, -0.15) is 0 Å². The molecule has 6 nitrogen and oxygen atoms in total. The van der Waals surface area contributed by atoms with Gasteiger partial charge in [-0.25, -0.2) is 4.79 Å². The maximum Gasteiger partial charge on any atom is 0.325 e. The highest BCUT2D eigenvalue weighted by atomic mass is 35.5.